The van der Waals surface area contributed by atoms with Crippen molar-refractivity contribution in [3.63, 3.8) is 0 Å². The number of hydrogen-bond acceptors (Lipinski definition) is 3. The molecule has 0 saturated carbocycles. The second-order valence-electron chi connectivity index (χ2n) is 4.65. The Labute approximate surface area is 95.5 Å². The van der Waals surface area contributed by atoms with Crippen molar-refractivity contribution in [2.75, 3.05) is 5.73 Å². The number of fused-ring (bicyclic) bond motifs is 1. The maximum Gasteiger partial charge on any atom is 0.201 e. The number of rotatable bonds is 2. The summed E-state index contributed by atoms with van der Waals surface area (Å²) in [6.45, 7) is 8.44. The zero-order chi connectivity index (χ0) is 11.9. The molecule has 0 aliphatic heterocycles. The van der Waals surface area contributed by atoms with Gasteiger partial charge in [0.05, 0.1) is 11.2 Å². The van der Waals surface area contributed by atoms with E-state index in [2.05, 4.69) is 37.7 Å². The van der Waals surface area contributed by atoms with Crippen LogP contribution in [-0.4, -0.2) is 14.5 Å². The van der Waals surface area contributed by atoms with Gasteiger partial charge in [0.25, 0.3) is 0 Å². The summed E-state index contributed by atoms with van der Waals surface area (Å²) in [5.41, 5.74) is 8.97. The normalized spacial score (nSPS) is 11.9. The largest absolute Gasteiger partial charge is 0.369 e. The van der Waals surface area contributed by atoms with Gasteiger partial charge in [-0.3, -0.25) is 4.98 Å². The zero-order valence-electron chi connectivity index (χ0n) is 10.2. The number of imidazole rings is 1. The molecule has 0 aliphatic carbocycles. The predicted octanol–water partition coefficient (Wildman–Crippen LogP) is 2.72. The van der Waals surface area contributed by atoms with Crippen LogP contribution in [0.3, 0.4) is 0 Å². The molecule has 0 fully saturated rings. The van der Waals surface area contributed by atoms with Gasteiger partial charge in [-0.1, -0.05) is 13.8 Å². The van der Waals surface area contributed by atoms with Crippen LogP contribution in [-0.2, 0) is 0 Å². The van der Waals surface area contributed by atoms with E-state index in [0.717, 1.165) is 16.7 Å². The lowest BCUT2D eigenvalue weighted by Crippen LogP contribution is -2.05. The van der Waals surface area contributed by atoms with Gasteiger partial charge in [0.2, 0.25) is 5.95 Å². The van der Waals surface area contributed by atoms with Crippen molar-refractivity contribution in [1.29, 1.82) is 0 Å². The summed E-state index contributed by atoms with van der Waals surface area (Å²) in [5.74, 6) is 0.929. The quantitative estimate of drug-likeness (QED) is 0.843. The summed E-state index contributed by atoms with van der Waals surface area (Å²) in [5, 5.41) is 0. The Morgan fingerprint density at radius 2 is 1.94 bits per heavy atom. The molecule has 4 nitrogen and oxygen atoms in total. The van der Waals surface area contributed by atoms with Crippen molar-refractivity contribution in [3.8, 4) is 0 Å². The third-order valence-electron chi connectivity index (χ3n) is 2.73. The highest BCUT2D eigenvalue weighted by atomic mass is 15.2. The van der Waals surface area contributed by atoms with Crippen molar-refractivity contribution >= 4 is 17.0 Å². The average Bonchev–Trinajstić information content (AvgIpc) is 2.52. The topological polar surface area (TPSA) is 56.7 Å². The lowest BCUT2D eigenvalue weighted by molar-refractivity contribution is 0.626. The maximum atomic E-state index is 5.95. The molecule has 2 aromatic rings. The first-order valence-corrected chi connectivity index (χ1v) is 5.64. The molecule has 0 amide bonds. The molecule has 86 valence electrons. The van der Waals surface area contributed by atoms with Gasteiger partial charge in [0.1, 0.15) is 5.52 Å². The Morgan fingerprint density at radius 1 is 1.25 bits per heavy atom. The van der Waals surface area contributed by atoms with E-state index in [4.69, 9.17) is 5.73 Å². The van der Waals surface area contributed by atoms with Crippen molar-refractivity contribution in [2.24, 2.45) is 0 Å². The van der Waals surface area contributed by atoms with Gasteiger partial charge in [-0.15, -0.1) is 0 Å². The summed E-state index contributed by atoms with van der Waals surface area (Å²) in [6.07, 6.45) is 1.83. The van der Waals surface area contributed by atoms with Gasteiger partial charge in [0.15, 0.2) is 0 Å². The first-order chi connectivity index (χ1) is 7.52. The lowest BCUT2D eigenvalue weighted by Gasteiger charge is -2.10. The minimum absolute atomic E-state index is 0.312. The van der Waals surface area contributed by atoms with E-state index in [1.54, 1.807) is 0 Å². The fraction of sp³-hybridized carbons (Fsp3) is 0.500. The van der Waals surface area contributed by atoms with Crippen LogP contribution in [0.4, 0.5) is 5.95 Å². The standard InChI is InChI=1S/C12H18N4/c1-7(2)10-11-9(5-6-14-10)16(8(3)4)12(13)15-11/h5-8H,1-4H3,(H2,13,15). The van der Waals surface area contributed by atoms with Crippen molar-refractivity contribution in [1.82, 2.24) is 14.5 Å². The van der Waals surface area contributed by atoms with Gasteiger partial charge < -0.3 is 10.3 Å². The molecular formula is C12H18N4. The fourth-order valence-corrected chi connectivity index (χ4v) is 2.03. The van der Waals surface area contributed by atoms with Gasteiger partial charge in [-0.25, -0.2) is 4.98 Å². The zero-order valence-corrected chi connectivity index (χ0v) is 10.2. The summed E-state index contributed by atoms with van der Waals surface area (Å²) in [6, 6.07) is 2.29. The van der Waals surface area contributed by atoms with Crippen LogP contribution >= 0.6 is 0 Å². The second-order valence-corrected chi connectivity index (χ2v) is 4.65. The van der Waals surface area contributed by atoms with Gasteiger partial charge >= 0.3 is 0 Å². The SMILES string of the molecule is CC(C)c1nccc2c1nc(N)n2C(C)C. The highest BCUT2D eigenvalue weighted by molar-refractivity contribution is 5.80. The molecule has 2 rings (SSSR count). The van der Waals surface area contributed by atoms with Crippen LogP contribution < -0.4 is 5.73 Å². The number of hydrogen-bond donors (Lipinski definition) is 1. The summed E-state index contributed by atoms with van der Waals surface area (Å²) in [7, 11) is 0. The molecule has 0 atom stereocenters. The highest BCUT2D eigenvalue weighted by Crippen LogP contribution is 2.27. The van der Waals surface area contributed by atoms with Crippen LogP contribution in [0.25, 0.3) is 11.0 Å². The van der Waals surface area contributed by atoms with Crippen molar-refractivity contribution in [2.45, 2.75) is 39.7 Å². The minimum Gasteiger partial charge on any atom is -0.369 e. The number of aromatic nitrogens is 3. The van der Waals surface area contributed by atoms with E-state index in [1.165, 1.54) is 0 Å². The average molecular weight is 218 g/mol. The highest BCUT2D eigenvalue weighted by Gasteiger charge is 2.15. The summed E-state index contributed by atoms with van der Waals surface area (Å²) in [4.78, 5) is 8.82. The molecule has 2 aromatic heterocycles. The van der Waals surface area contributed by atoms with E-state index in [9.17, 15) is 0 Å². The van der Waals surface area contributed by atoms with Crippen LogP contribution in [0.1, 0.15) is 45.3 Å². The Kier molecular flexibility index (Phi) is 2.58. The second kappa shape index (κ2) is 3.77. The van der Waals surface area contributed by atoms with Crippen LogP contribution in [0.15, 0.2) is 12.3 Å². The molecule has 2 N–H and O–H groups in total. The minimum atomic E-state index is 0.312. The third kappa shape index (κ3) is 1.54. The number of nitrogen functional groups attached to an aromatic ring is 1. The first-order valence-electron chi connectivity index (χ1n) is 5.64. The molecule has 16 heavy (non-hydrogen) atoms. The monoisotopic (exact) mass is 218 g/mol. The maximum absolute atomic E-state index is 5.95. The number of anilines is 1. The predicted molar refractivity (Wildman–Crippen MR) is 66.4 cm³/mol. The van der Waals surface area contributed by atoms with Crippen molar-refractivity contribution in [3.05, 3.63) is 18.0 Å². The van der Waals surface area contributed by atoms with E-state index in [0.29, 0.717) is 17.9 Å². The lowest BCUT2D eigenvalue weighted by atomic mass is 10.1. The van der Waals surface area contributed by atoms with Gasteiger partial charge in [-0.2, -0.15) is 0 Å². The summed E-state index contributed by atoms with van der Waals surface area (Å²) >= 11 is 0. The molecule has 0 aliphatic rings. The number of nitrogens with zero attached hydrogens (tertiary/aromatic N) is 3. The van der Waals surface area contributed by atoms with Gasteiger partial charge in [0, 0.05) is 12.2 Å². The Balaban J connectivity index is 2.78. The van der Waals surface area contributed by atoms with Crippen LogP contribution in [0.2, 0.25) is 0 Å². The third-order valence-corrected chi connectivity index (χ3v) is 2.73. The number of nitrogens with two attached hydrogens (primary N) is 1. The molecule has 0 spiro atoms. The summed E-state index contributed by atoms with van der Waals surface area (Å²) < 4.78 is 2.04. The molecule has 0 aromatic carbocycles. The first kappa shape index (κ1) is 10.9. The molecule has 2 heterocycles. The Bertz CT molecular complexity index is 511. The molecule has 0 bridgehead atoms. The Hall–Kier alpha value is -1.58. The molecule has 0 saturated heterocycles. The van der Waals surface area contributed by atoms with E-state index < -0.39 is 0 Å². The molecular weight excluding hydrogens is 200 g/mol. The smallest absolute Gasteiger partial charge is 0.201 e. The molecule has 0 unspecified atom stereocenters. The van der Waals surface area contributed by atoms with Gasteiger partial charge in [-0.05, 0) is 25.8 Å². The fourth-order valence-electron chi connectivity index (χ4n) is 2.03. The van der Waals surface area contributed by atoms with Crippen LogP contribution in [0, 0.1) is 0 Å². The van der Waals surface area contributed by atoms with Crippen LogP contribution in [0.5, 0.6) is 0 Å². The van der Waals surface area contributed by atoms with Crippen molar-refractivity contribution < 1.29 is 0 Å². The Morgan fingerprint density at radius 3 is 2.50 bits per heavy atom. The molecule has 0 radical (unpaired) electrons. The van der Waals surface area contributed by atoms with E-state index in [1.807, 2.05) is 16.8 Å². The van der Waals surface area contributed by atoms with E-state index in [-0.39, 0.29) is 0 Å². The molecule has 4 heteroatoms. The number of pyridine rings is 1. The van der Waals surface area contributed by atoms with E-state index >= 15 is 0 Å².